The lowest BCUT2D eigenvalue weighted by atomic mass is 9.89. The number of nitrogens with zero attached hydrogens (tertiary/aromatic N) is 2. The highest BCUT2D eigenvalue weighted by Crippen LogP contribution is 2.34. The molecule has 0 heterocycles. The van der Waals surface area contributed by atoms with Gasteiger partial charge in [-0.05, 0) is 71.3 Å². The Bertz CT molecular complexity index is 581. The fraction of sp³-hybridized carbons (Fsp3) is 0.632. The number of esters is 1. The Labute approximate surface area is 150 Å². The summed E-state index contributed by atoms with van der Waals surface area (Å²) in [5.74, 6) is -0.330. The van der Waals surface area contributed by atoms with Gasteiger partial charge < -0.3 is 14.5 Å². The Kier molecular flexibility index (Phi) is 6.53. The molecule has 0 saturated heterocycles. The van der Waals surface area contributed by atoms with Crippen LogP contribution in [0, 0.1) is 6.92 Å². The molecule has 0 unspecified atom stereocenters. The fourth-order valence-electron chi connectivity index (χ4n) is 3.80. The van der Waals surface area contributed by atoms with Gasteiger partial charge in [0.15, 0.2) is 0 Å². The van der Waals surface area contributed by atoms with Crippen molar-refractivity contribution in [3.05, 3.63) is 28.3 Å². The molecule has 5 heteroatoms. The molecule has 0 amide bonds. The minimum Gasteiger partial charge on any atom is -0.465 e. The van der Waals surface area contributed by atoms with E-state index >= 15 is 0 Å². The number of halogens is 1. The Hall–Kier alpha value is -1.26. The number of hydrogen-bond donors (Lipinski definition) is 0. The van der Waals surface area contributed by atoms with E-state index in [1.165, 1.54) is 20.0 Å². The SMILES string of the molecule is CCN(c1cc(Cl)cc(C(=O)OC)c1C)C1CCC(N(C)C)CC1. The van der Waals surface area contributed by atoms with Gasteiger partial charge in [0.2, 0.25) is 0 Å². The first kappa shape index (κ1) is 19.1. The minimum atomic E-state index is -0.330. The van der Waals surface area contributed by atoms with Gasteiger partial charge in [-0.2, -0.15) is 0 Å². The van der Waals surface area contributed by atoms with E-state index in [2.05, 4.69) is 30.8 Å². The number of carbonyl (C=O) groups is 1. The van der Waals surface area contributed by atoms with E-state index in [1.54, 1.807) is 6.07 Å². The van der Waals surface area contributed by atoms with Crippen molar-refractivity contribution in [2.24, 2.45) is 0 Å². The van der Waals surface area contributed by atoms with E-state index in [9.17, 15) is 4.79 Å². The number of anilines is 1. The quantitative estimate of drug-likeness (QED) is 0.746. The molecular weight excluding hydrogens is 324 g/mol. The summed E-state index contributed by atoms with van der Waals surface area (Å²) >= 11 is 6.29. The fourth-order valence-corrected chi connectivity index (χ4v) is 4.01. The van der Waals surface area contributed by atoms with E-state index in [4.69, 9.17) is 16.3 Å². The van der Waals surface area contributed by atoms with Gasteiger partial charge in [-0.25, -0.2) is 4.79 Å². The molecule has 0 radical (unpaired) electrons. The number of carbonyl (C=O) groups excluding carboxylic acids is 1. The predicted octanol–water partition coefficient (Wildman–Crippen LogP) is 4.13. The van der Waals surface area contributed by atoms with Crippen molar-refractivity contribution >= 4 is 23.3 Å². The van der Waals surface area contributed by atoms with Crippen LogP contribution in [-0.4, -0.2) is 50.7 Å². The van der Waals surface area contributed by atoms with E-state index in [-0.39, 0.29) is 5.97 Å². The highest BCUT2D eigenvalue weighted by molar-refractivity contribution is 6.31. The lowest BCUT2D eigenvalue weighted by molar-refractivity contribution is 0.0600. The third kappa shape index (κ3) is 4.04. The minimum absolute atomic E-state index is 0.330. The maximum atomic E-state index is 12.0. The molecule has 0 atom stereocenters. The molecule has 0 aliphatic heterocycles. The van der Waals surface area contributed by atoms with Gasteiger partial charge in [0.1, 0.15) is 0 Å². The van der Waals surface area contributed by atoms with Crippen LogP contribution in [0.15, 0.2) is 12.1 Å². The zero-order valence-corrected chi connectivity index (χ0v) is 16.2. The number of hydrogen-bond acceptors (Lipinski definition) is 4. The van der Waals surface area contributed by atoms with Crippen molar-refractivity contribution in [1.82, 2.24) is 4.90 Å². The first-order chi connectivity index (χ1) is 11.4. The van der Waals surface area contributed by atoms with Gasteiger partial charge in [-0.15, -0.1) is 0 Å². The Morgan fingerprint density at radius 3 is 2.29 bits per heavy atom. The van der Waals surface area contributed by atoms with Crippen LogP contribution < -0.4 is 4.90 Å². The molecule has 4 nitrogen and oxygen atoms in total. The van der Waals surface area contributed by atoms with Gasteiger partial charge >= 0.3 is 5.97 Å². The monoisotopic (exact) mass is 352 g/mol. The molecule has 1 saturated carbocycles. The lowest BCUT2D eigenvalue weighted by Gasteiger charge is -2.40. The molecule has 1 aromatic rings. The van der Waals surface area contributed by atoms with Gasteiger partial charge in [-0.3, -0.25) is 0 Å². The highest BCUT2D eigenvalue weighted by atomic mass is 35.5. The predicted molar refractivity (Wildman–Crippen MR) is 100 cm³/mol. The number of benzene rings is 1. The third-order valence-electron chi connectivity index (χ3n) is 5.24. The molecule has 0 aromatic heterocycles. The molecule has 134 valence electrons. The number of methoxy groups -OCH3 is 1. The van der Waals surface area contributed by atoms with Gasteiger partial charge in [-0.1, -0.05) is 11.6 Å². The molecule has 24 heavy (non-hydrogen) atoms. The molecule has 1 aromatic carbocycles. The smallest absolute Gasteiger partial charge is 0.338 e. The van der Waals surface area contributed by atoms with Crippen molar-refractivity contribution in [3.8, 4) is 0 Å². The van der Waals surface area contributed by atoms with Crippen LogP contribution in [0.3, 0.4) is 0 Å². The maximum Gasteiger partial charge on any atom is 0.338 e. The summed E-state index contributed by atoms with van der Waals surface area (Å²) in [6, 6.07) is 4.84. The molecule has 1 aliphatic carbocycles. The van der Waals surface area contributed by atoms with Crippen LogP contribution in [-0.2, 0) is 4.74 Å². The third-order valence-corrected chi connectivity index (χ3v) is 5.46. The van der Waals surface area contributed by atoms with Gasteiger partial charge in [0.25, 0.3) is 0 Å². The molecule has 0 bridgehead atoms. The van der Waals surface area contributed by atoms with Crippen LogP contribution in [0.5, 0.6) is 0 Å². The summed E-state index contributed by atoms with van der Waals surface area (Å²) in [5, 5.41) is 0.580. The van der Waals surface area contributed by atoms with Crippen molar-refractivity contribution < 1.29 is 9.53 Å². The normalized spacial score (nSPS) is 21.0. The molecule has 2 rings (SSSR count). The average Bonchev–Trinajstić information content (AvgIpc) is 2.58. The van der Waals surface area contributed by atoms with E-state index < -0.39 is 0 Å². The van der Waals surface area contributed by atoms with Crippen LogP contribution in [0.2, 0.25) is 5.02 Å². The van der Waals surface area contributed by atoms with Crippen LogP contribution >= 0.6 is 11.6 Å². The second-order valence-corrected chi connectivity index (χ2v) is 7.24. The van der Waals surface area contributed by atoms with Crippen molar-refractivity contribution in [2.45, 2.75) is 51.6 Å². The van der Waals surface area contributed by atoms with Crippen LogP contribution in [0.4, 0.5) is 5.69 Å². The molecular formula is C19H29ClN2O2. The number of ether oxygens (including phenoxy) is 1. The van der Waals surface area contributed by atoms with Crippen molar-refractivity contribution in [2.75, 3.05) is 32.6 Å². The van der Waals surface area contributed by atoms with Crippen molar-refractivity contribution in [1.29, 1.82) is 0 Å². The first-order valence-corrected chi connectivity index (χ1v) is 9.08. The molecule has 1 fully saturated rings. The van der Waals surface area contributed by atoms with E-state index in [0.29, 0.717) is 22.7 Å². The topological polar surface area (TPSA) is 32.8 Å². The van der Waals surface area contributed by atoms with E-state index in [0.717, 1.165) is 30.6 Å². The first-order valence-electron chi connectivity index (χ1n) is 8.70. The average molecular weight is 353 g/mol. The van der Waals surface area contributed by atoms with Crippen LogP contribution in [0.25, 0.3) is 0 Å². The van der Waals surface area contributed by atoms with Crippen molar-refractivity contribution in [3.63, 3.8) is 0 Å². The van der Waals surface area contributed by atoms with Gasteiger partial charge in [0, 0.05) is 29.3 Å². The zero-order chi connectivity index (χ0) is 17.9. The summed E-state index contributed by atoms with van der Waals surface area (Å²) in [6.07, 6.45) is 4.74. The molecule has 0 spiro atoms. The Morgan fingerprint density at radius 1 is 1.21 bits per heavy atom. The van der Waals surface area contributed by atoms with E-state index in [1.807, 2.05) is 13.0 Å². The van der Waals surface area contributed by atoms with Crippen LogP contribution in [0.1, 0.15) is 48.5 Å². The summed E-state index contributed by atoms with van der Waals surface area (Å²) < 4.78 is 4.90. The summed E-state index contributed by atoms with van der Waals surface area (Å²) in [7, 11) is 5.72. The second-order valence-electron chi connectivity index (χ2n) is 6.80. The Balaban J connectivity index is 2.28. The lowest BCUT2D eigenvalue weighted by Crippen LogP contribution is -2.42. The standard InChI is InChI=1S/C19H29ClN2O2/c1-6-22(16-9-7-15(8-10-16)21(3)4)18-12-14(20)11-17(13(18)2)19(23)24-5/h11-12,15-16H,6-10H2,1-5H3. The summed E-state index contributed by atoms with van der Waals surface area (Å²) in [5.41, 5.74) is 2.56. The highest BCUT2D eigenvalue weighted by Gasteiger charge is 2.28. The summed E-state index contributed by atoms with van der Waals surface area (Å²) in [4.78, 5) is 16.8. The van der Waals surface area contributed by atoms with Gasteiger partial charge in [0.05, 0.1) is 12.7 Å². The Morgan fingerprint density at radius 2 is 1.79 bits per heavy atom. The molecule has 1 aliphatic rings. The number of rotatable bonds is 5. The summed E-state index contributed by atoms with van der Waals surface area (Å²) in [6.45, 7) is 5.04. The zero-order valence-electron chi connectivity index (χ0n) is 15.4. The largest absolute Gasteiger partial charge is 0.465 e. The molecule has 0 N–H and O–H groups in total. The maximum absolute atomic E-state index is 12.0. The second kappa shape index (κ2) is 8.21.